The Labute approximate surface area is 116 Å². The predicted octanol–water partition coefficient (Wildman–Crippen LogP) is 0.548. The third-order valence-electron chi connectivity index (χ3n) is 3.62. The summed E-state index contributed by atoms with van der Waals surface area (Å²) in [5, 5.41) is 3.26. The van der Waals surface area contributed by atoms with Gasteiger partial charge in [-0.1, -0.05) is 0 Å². The van der Waals surface area contributed by atoms with Gasteiger partial charge >= 0.3 is 0 Å². The van der Waals surface area contributed by atoms with Crippen LogP contribution in [0, 0.1) is 5.82 Å². The molecular formula is C14H17FN2O3. The van der Waals surface area contributed by atoms with Crippen LogP contribution in [0.4, 0.5) is 10.1 Å². The number of halogens is 1. The van der Waals surface area contributed by atoms with Gasteiger partial charge in [-0.25, -0.2) is 4.39 Å². The first-order chi connectivity index (χ1) is 9.69. The fourth-order valence-electron chi connectivity index (χ4n) is 2.54. The van der Waals surface area contributed by atoms with Gasteiger partial charge in [0.25, 0.3) is 5.91 Å². The first-order valence-electron chi connectivity index (χ1n) is 6.67. The summed E-state index contributed by atoms with van der Waals surface area (Å²) < 4.78 is 24.3. The van der Waals surface area contributed by atoms with E-state index in [1.807, 2.05) is 0 Å². The molecule has 1 amide bonds. The zero-order valence-corrected chi connectivity index (χ0v) is 11.1. The summed E-state index contributed by atoms with van der Waals surface area (Å²) in [5.74, 6) is -0.435. The summed E-state index contributed by atoms with van der Waals surface area (Å²) in [6, 6.07) is 5.92. The van der Waals surface area contributed by atoms with Crippen molar-refractivity contribution in [2.45, 2.75) is 5.60 Å². The second-order valence-corrected chi connectivity index (χ2v) is 5.16. The molecule has 1 aromatic rings. The molecule has 6 heteroatoms. The first-order valence-corrected chi connectivity index (χ1v) is 6.67. The van der Waals surface area contributed by atoms with E-state index in [0.717, 1.165) is 6.54 Å². The second kappa shape index (κ2) is 5.47. The molecule has 5 nitrogen and oxygen atoms in total. The van der Waals surface area contributed by atoms with Crippen molar-refractivity contribution in [1.29, 1.82) is 0 Å². The molecule has 0 aromatic heterocycles. The summed E-state index contributed by atoms with van der Waals surface area (Å²) in [6.07, 6.45) is 0. The smallest absolute Gasteiger partial charge is 0.253 e. The van der Waals surface area contributed by atoms with Gasteiger partial charge in [0.15, 0.2) is 0 Å². The van der Waals surface area contributed by atoms with Crippen LogP contribution < -0.4 is 10.2 Å². The van der Waals surface area contributed by atoms with E-state index in [4.69, 9.17) is 9.47 Å². The fraction of sp³-hybridized carbons (Fsp3) is 0.500. The monoisotopic (exact) mass is 280 g/mol. The lowest BCUT2D eigenvalue weighted by molar-refractivity contribution is -0.144. The van der Waals surface area contributed by atoms with Crippen molar-refractivity contribution in [1.82, 2.24) is 5.32 Å². The molecule has 2 fully saturated rings. The summed E-state index contributed by atoms with van der Waals surface area (Å²) in [6.45, 7) is 2.92. The number of carbonyl (C=O) groups excluding carboxylic acids is 1. The highest BCUT2D eigenvalue weighted by molar-refractivity contribution is 5.95. The molecule has 2 saturated heterocycles. The first kappa shape index (κ1) is 13.5. The van der Waals surface area contributed by atoms with Crippen LogP contribution in [0.25, 0.3) is 0 Å². The van der Waals surface area contributed by atoms with Gasteiger partial charge in [-0.2, -0.15) is 0 Å². The van der Waals surface area contributed by atoms with E-state index in [1.54, 1.807) is 17.0 Å². The molecule has 1 spiro atoms. The van der Waals surface area contributed by atoms with Crippen molar-refractivity contribution < 1.29 is 18.7 Å². The third kappa shape index (κ3) is 2.67. The van der Waals surface area contributed by atoms with Crippen LogP contribution in [0.3, 0.4) is 0 Å². The van der Waals surface area contributed by atoms with Crippen LogP contribution in [0.2, 0.25) is 0 Å². The molecule has 108 valence electrons. The quantitative estimate of drug-likeness (QED) is 0.816. The van der Waals surface area contributed by atoms with Crippen LogP contribution in [0.15, 0.2) is 24.3 Å². The molecule has 20 heavy (non-hydrogen) atoms. The van der Waals surface area contributed by atoms with Gasteiger partial charge < -0.3 is 19.7 Å². The van der Waals surface area contributed by atoms with Gasteiger partial charge in [-0.3, -0.25) is 4.79 Å². The van der Waals surface area contributed by atoms with Gasteiger partial charge in [0, 0.05) is 18.8 Å². The minimum Gasteiger partial charge on any atom is -0.377 e. The average Bonchev–Trinajstić information content (AvgIpc) is 2.69. The molecule has 1 N–H and O–H groups in total. The van der Waals surface area contributed by atoms with Crippen LogP contribution in [-0.4, -0.2) is 51.0 Å². The maximum absolute atomic E-state index is 13.0. The van der Waals surface area contributed by atoms with Crippen molar-refractivity contribution in [2.75, 3.05) is 44.4 Å². The van der Waals surface area contributed by atoms with Crippen molar-refractivity contribution >= 4 is 11.6 Å². The second-order valence-electron chi connectivity index (χ2n) is 5.16. The largest absolute Gasteiger partial charge is 0.377 e. The predicted molar refractivity (Wildman–Crippen MR) is 71.1 cm³/mol. The lowest BCUT2D eigenvalue weighted by Gasteiger charge is -2.41. The maximum atomic E-state index is 13.0. The third-order valence-corrected chi connectivity index (χ3v) is 3.62. The summed E-state index contributed by atoms with van der Waals surface area (Å²) in [4.78, 5) is 13.7. The number of ether oxygens (including phenoxy) is 2. The number of nitrogens with one attached hydrogen (secondary N) is 1. The van der Waals surface area contributed by atoms with Crippen molar-refractivity contribution in [3.63, 3.8) is 0 Å². The number of amides is 1. The van der Waals surface area contributed by atoms with E-state index in [-0.39, 0.29) is 18.3 Å². The molecule has 0 radical (unpaired) electrons. The Morgan fingerprint density at radius 1 is 1.30 bits per heavy atom. The van der Waals surface area contributed by atoms with E-state index in [9.17, 15) is 9.18 Å². The lowest BCUT2D eigenvalue weighted by Crippen LogP contribution is -2.60. The summed E-state index contributed by atoms with van der Waals surface area (Å²) in [7, 11) is 0. The minimum atomic E-state index is -0.529. The van der Waals surface area contributed by atoms with E-state index < -0.39 is 5.60 Å². The highest BCUT2D eigenvalue weighted by atomic mass is 19.1. The van der Waals surface area contributed by atoms with Crippen molar-refractivity contribution in [2.24, 2.45) is 0 Å². The number of carbonyl (C=O) groups is 1. The number of hydrogen-bond donors (Lipinski definition) is 1. The van der Waals surface area contributed by atoms with Crippen molar-refractivity contribution in [3.8, 4) is 0 Å². The molecule has 2 aliphatic heterocycles. The van der Waals surface area contributed by atoms with Gasteiger partial charge in [0.2, 0.25) is 0 Å². The van der Waals surface area contributed by atoms with E-state index in [0.29, 0.717) is 32.0 Å². The van der Waals surface area contributed by atoms with E-state index >= 15 is 0 Å². The topological polar surface area (TPSA) is 50.8 Å². The molecule has 0 aliphatic carbocycles. The Bertz CT molecular complexity index is 484. The maximum Gasteiger partial charge on any atom is 0.253 e. The molecule has 3 rings (SSSR count). The minimum absolute atomic E-state index is 0.0163. The number of anilines is 1. The zero-order chi connectivity index (χ0) is 14.0. The van der Waals surface area contributed by atoms with Crippen molar-refractivity contribution in [3.05, 3.63) is 30.1 Å². The molecule has 2 heterocycles. The Morgan fingerprint density at radius 3 is 2.90 bits per heavy atom. The van der Waals surface area contributed by atoms with Gasteiger partial charge in [0.05, 0.1) is 19.8 Å². The Balaban J connectivity index is 1.82. The van der Waals surface area contributed by atoms with Gasteiger partial charge in [-0.05, 0) is 24.3 Å². The fourth-order valence-corrected chi connectivity index (χ4v) is 2.54. The number of morpholine rings is 1. The Morgan fingerprint density at radius 2 is 2.10 bits per heavy atom. The standard InChI is InChI=1S/C14H17FN2O3/c15-11-1-3-12(4-2-11)17-9-14(20-7-13(17)18)8-16-5-6-19-10-14/h1-4,16H,5-10H2/t14-/m1/s1. The molecule has 1 aromatic carbocycles. The number of benzene rings is 1. The zero-order valence-electron chi connectivity index (χ0n) is 11.1. The van der Waals surface area contributed by atoms with Crippen LogP contribution >= 0.6 is 0 Å². The van der Waals surface area contributed by atoms with Crippen LogP contribution in [-0.2, 0) is 14.3 Å². The van der Waals surface area contributed by atoms with Crippen LogP contribution in [0.5, 0.6) is 0 Å². The van der Waals surface area contributed by atoms with Gasteiger partial charge in [-0.15, -0.1) is 0 Å². The average molecular weight is 280 g/mol. The van der Waals surface area contributed by atoms with Crippen LogP contribution in [0.1, 0.15) is 0 Å². The summed E-state index contributed by atoms with van der Waals surface area (Å²) >= 11 is 0. The summed E-state index contributed by atoms with van der Waals surface area (Å²) in [5.41, 5.74) is 0.155. The van der Waals surface area contributed by atoms with Gasteiger partial charge in [0.1, 0.15) is 18.0 Å². The molecule has 1 atom stereocenters. The Hall–Kier alpha value is -1.50. The molecular weight excluding hydrogens is 263 g/mol. The Kier molecular flexibility index (Phi) is 3.69. The number of nitrogens with zero attached hydrogens (tertiary/aromatic N) is 1. The molecule has 2 aliphatic rings. The molecule has 0 bridgehead atoms. The van der Waals surface area contributed by atoms with E-state index in [2.05, 4.69) is 5.32 Å². The highest BCUT2D eigenvalue weighted by Gasteiger charge is 2.41. The lowest BCUT2D eigenvalue weighted by atomic mass is 10.0. The van der Waals surface area contributed by atoms with E-state index in [1.165, 1.54) is 12.1 Å². The highest BCUT2D eigenvalue weighted by Crippen LogP contribution is 2.25. The molecule has 0 saturated carbocycles. The number of hydrogen-bond acceptors (Lipinski definition) is 4. The number of rotatable bonds is 1. The SMILES string of the molecule is O=C1CO[C@]2(CNCCOC2)CN1c1ccc(F)cc1. The molecule has 0 unspecified atom stereocenters. The normalized spacial score (nSPS) is 27.6.